The Bertz CT molecular complexity index is 279. The fraction of sp³-hybridized carbons (Fsp3) is 0.571. The minimum Gasteiger partial charge on any atom is -0.370 e. The molecule has 0 saturated heterocycles. The van der Waals surface area contributed by atoms with Crippen molar-refractivity contribution in [2.45, 2.75) is 12.5 Å². The summed E-state index contributed by atoms with van der Waals surface area (Å²) in [5.74, 6) is -0.147. The Labute approximate surface area is 85.5 Å². The normalized spacial score (nSPS) is 17.4. The summed E-state index contributed by atoms with van der Waals surface area (Å²) in [6.07, 6.45) is -0.149. The maximum atomic E-state index is 11.3. The monoisotopic (exact) mass is 216 g/mol. The summed E-state index contributed by atoms with van der Waals surface area (Å²) in [5, 5.41) is 3.09. The average Bonchev–Trinajstić information content (AvgIpc) is 2.55. The zero-order valence-electron chi connectivity index (χ0n) is 7.53. The number of amidine groups is 1. The number of hydrogen-bond donors (Lipinski definition) is 3. The van der Waals surface area contributed by atoms with Gasteiger partial charge in [0.15, 0.2) is 5.17 Å². The van der Waals surface area contributed by atoms with Crippen LogP contribution in [0, 0.1) is 0 Å². The minimum absolute atomic E-state index is 0.149. The van der Waals surface area contributed by atoms with Crippen LogP contribution < -0.4 is 16.8 Å². The van der Waals surface area contributed by atoms with Crippen LogP contribution in [0.15, 0.2) is 4.99 Å². The Balaban J connectivity index is 2.37. The molecule has 2 amide bonds. The van der Waals surface area contributed by atoms with Crippen molar-refractivity contribution in [3.05, 3.63) is 0 Å². The smallest absolute Gasteiger partial charge is 0.243 e. The van der Waals surface area contributed by atoms with Crippen molar-refractivity contribution in [3.8, 4) is 0 Å². The SMILES string of the molecule is NC(=O)CC(N)C(=O)NC1=NCCS1. The molecule has 14 heavy (non-hydrogen) atoms. The molecule has 6 nitrogen and oxygen atoms in total. The fourth-order valence-electron chi connectivity index (χ4n) is 0.918. The van der Waals surface area contributed by atoms with Gasteiger partial charge < -0.3 is 16.8 Å². The first kappa shape index (κ1) is 11.0. The minimum atomic E-state index is -0.892. The van der Waals surface area contributed by atoms with Crippen LogP contribution in [0.5, 0.6) is 0 Å². The largest absolute Gasteiger partial charge is 0.370 e. The number of carbonyl (C=O) groups excluding carboxylic acids is 2. The molecule has 0 radical (unpaired) electrons. The van der Waals surface area contributed by atoms with Crippen molar-refractivity contribution in [1.82, 2.24) is 5.32 Å². The van der Waals surface area contributed by atoms with Gasteiger partial charge in [-0.1, -0.05) is 11.8 Å². The molecule has 1 aliphatic rings. The fourth-order valence-corrected chi connectivity index (χ4v) is 1.65. The first-order valence-corrected chi connectivity index (χ1v) is 5.10. The summed E-state index contributed by atoms with van der Waals surface area (Å²) < 4.78 is 0. The molecule has 78 valence electrons. The molecule has 0 bridgehead atoms. The van der Waals surface area contributed by atoms with Gasteiger partial charge in [-0.3, -0.25) is 14.6 Å². The maximum absolute atomic E-state index is 11.3. The number of hydrogen-bond acceptors (Lipinski definition) is 5. The average molecular weight is 216 g/mol. The summed E-state index contributed by atoms with van der Waals surface area (Å²) in [7, 11) is 0. The number of nitrogens with zero attached hydrogens (tertiary/aromatic N) is 1. The molecule has 1 unspecified atom stereocenters. The van der Waals surface area contributed by atoms with Gasteiger partial charge in [-0.25, -0.2) is 0 Å². The molecule has 1 rings (SSSR count). The molecule has 0 fully saturated rings. The molecule has 0 aliphatic carbocycles. The summed E-state index contributed by atoms with van der Waals surface area (Å²) in [6.45, 7) is 0.700. The number of aliphatic imine (C=N–C) groups is 1. The molecule has 1 aliphatic heterocycles. The Morgan fingerprint density at radius 1 is 1.64 bits per heavy atom. The standard InChI is InChI=1S/C7H12N4O2S/c8-4(3-5(9)12)6(13)11-7-10-1-2-14-7/h4H,1-3,8H2,(H2,9,12)(H,10,11,13). The van der Waals surface area contributed by atoms with E-state index in [1.165, 1.54) is 11.8 Å². The van der Waals surface area contributed by atoms with Crippen LogP contribution in [0.2, 0.25) is 0 Å². The highest BCUT2D eigenvalue weighted by Crippen LogP contribution is 2.08. The lowest BCUT2D eigenvalue weighted by atomic mass is 10.2. The van der Waals surface area contributed by atoms with E-state index in [-0.39, 0.29) is 6.42 Å². The first-order valence-electron chi connectivity index (χ1n) is 4.11. The highest BCUT2D eigenvalue weighted by atomic mass is 32.2. The van der Waals surface area contributed by atoms with Gasteiger partial charge >= 0.3 is 0 Å². The van der Waals surface area contributed by atoms with Crippen LogP contribution in [-0.2, 0) is 9.59 Å². The Hall–Kier alpha value is -1.08. The van der Waals surface area contributed by atoms with Crippen molar-refractivity contribution < 1.29 is 9.59 Å². The van der Waals surface area contributed by atoms with Gasteiger partial charge in [-0.2, -0.15) is 0 Å². The number of thioether (sulfide) groups is 1. The van der Waals surface area contributed by atoms with E-state index in [9.17, 15) is 9.59 Å². The highest BCUT2D eigenvalue weighted by molar-refractivity contribution is 8.14. The van der Waals surface area contributed by atoms with Crippen molar-refractivity contribution in [2.75, 3.05) is 12.3 Å². The van der Waals surface area contributed by atoms with Crippen LogP contribution in [0.1, 0.15) is 6.42 Å². The van der Waals surface area contributed by atoms with Crippen LogP contribution in [0.3, 0.4) is 0 Å². The van der Waals surface area contributed by atoms with Crippen LogP contribution in [0.4, 0.5) is 0 Å². The van der Waals surface area contributed by atoms with Gasteiger partial charge in [0.05, 0.1) is 19.0 Å². The molecule has 7 heteroatoms. The molecule has 0 aromatic carbocycles. The van der Waals surface area contributed by atoms with Gasteiger partial charge in [0.1, 0.15) is 0 Å². The van der Waals surface area contributed by atoms with E-state index in [0.717, 1.165) is 5.75 Å². The Kier molecular flexibility index (Phi) is 3.90. The zero-order valence-corrected chi connectivity index (χ0v) is 8.34. The number of amides is 2. The third-order valence-corrected chi connectivity index (χ3v) is 2.46. The predicted molar refractivity (Wildman–Crippen MR) is 54.7 cm³/mol. The summed E-state index contributed by atoms with van der Waals surface area (Å²) in [4.78, 5) is 25.8. The quantitative estimate of drug-likeness (QED) is 0.528. The summed E-state index contributed by atoms with van der Waals surface area (Å²) in [5.41, 5.74) is 10.3. The third kappa shape index (κ3) is 3.35. The van der Waals surface area contributed by atoms with Gasteiger partial charge in [0.2, 0.25) is 11.8 Å². The van der Waals surface area contributed by atoms with Gasteiger partial charge in [0.25, 0.3) is 0 Å². The van der Waals surface area contributed by atoms with E-state index < -0.39 is 17.9 Å². The molecule has 0 saturated carbocycles. The van der Waals surface area contributed by atoms with E-state index in [4.69, 9.17) is 11.5 Å². The molecular weight excluding hydrogens is 204 g/mol. The molecule has 0 spiro atoms. The number of carbonyl (C=O) groups is 2. The number of nitrogens with two attached hydrogens (primary N) is 2. The molecular formula is C7H12N4O2S. The topological polar surface area (TPSA) is 111 Å². The molecule has 1 heterocycles. The van der Waals surface area contributed by atoms with Crippen molar-refractivity contribution in [3.63, 3.8) is 0 Å². The zero-order chi connectivity index (χ0) is 10.6. The highest BCUT2D eigenvalue weighted by Gasteiger charge is 2.18. The summed E-state index contributed by atoms with van der Waals surface area (Å²) in [6, 6.07) is -0.892. The second kappa shape index (κ2) is 4.97. The van der Waals surface area contributed by atoms with E-state index in [1.54, 1.807) is 0 Å². The Morgan fingerprint density at radius 3 is 2.86 bits per heavy atom. The van der Waals surface area contributed by atoms with Crippen molar-refractivity contribution in [1.29, 1.82) is 0 Å². The van der Waals surface area contributed by atoms with E-state index >= 15 is 0 Å². The maximum Gasteiger partial charge on any atom is 0.243 e. The molecule has 1 atom stereocenters. The number of rotatable bonds is 3. The van der Waals surface area contributed by atoms with Gasteiger partial charge in [-0.05, 0) is 0 Å². The van der Waals surface area contributed by atoms with Gasteiger partial charge in [-0.15, -0.1) is 0 Å². The van der Waals surface area contributed by atoms with Gasteiger partial charge in [0, 0.05) is 5.75 Å². The van der Waals surface area contributed by atoms with Crippen molar-refractivity contribution >= 4 is 28.7 Å². The lowest BCUT2D eigenvalue weighted by molar-refractivity contribution is -0.125. The number of primary amides is 1. The predicted octanol–water partition coefficient (Wildman–Crippen LogP) is -1.59. The van der Waals surface area contributed by atoms with E-state index in [1.807, 2.05) is 0 Å². The van der Waals surface area contributed by atoms with Crippen LogP contribution in [0.25, 0.3) is 0 Å². The lowest BCUT2D eigenvalue weighted by Gasteiger charge is -2.09. The Morgan fingerprint density at radius 2 is 2.36 bits per heavy atom. The second-order valence-corrected chi connectivity index (χ2v) is 3.89. The molecule has 0 aromatic rings. The third-order valence-electron chi connectivity index (χ3n) is 1.57. The second-order valence-electron chi connectivity index (χ2n) is 2.80. The first-order chi connectivity index (χ1) is 6.59. The van der Waals surface area contributed by atoms with E-state index in [0.29, 0.717) is 11.7 Å². The van der Waals surface area contributed by atoms with Crippen LogP contribution >= 0.6 is 11.8 Å². The van der Waals surface area contributed by atoms with E-state index in [2.05, 4.69) is 10.3 Å². The molecule has 0 aromatic heterocycles. The van der Waals surface area contributed by atoms with Crippen molar-refractivity contribution in [2.24, 2.45) is 16.5 Å². The molecule has 5 N–H and O–H groups in total. The lowest BCUT2D eigenvalue weighted by Crippen LogP contribution is -2.44. The summed E-state index contributed by atoms with van der Waals surface area (Å²) >= 11 is 1.45. The number of nitrogens with one attached hydrogen (secondary N) is 1. The van der Waals surface area contributed by atoms with Crippen LogP contribution in [-0.4, -0.2) is 35.3 Å².